The molecule has 11 atom stereocenters. The molecule has 14 nitrogen and oxygen atoms in total. The van der Waals surface area contributed by atoms with Gasteiger partial charge >= 0.3 is 5.97 Å². The maximum Gasteiger partial charge on any atom is 0.306 e. The minimum atomic E-state index is -1.71. The third-order valence-corrected chi connectivity index (χ3v) is 12.8. The van der Waals surface area contributed by atoms with Gasteiger partial charge in [-0.05, 0) is 77.0 Å². The Kier molecular flexibility index (Phi) is 38.8. The van der Waals surface area contributed by atoms with Gasteiger partial charge in [0.2, 0.25) is 0 Å². The average Bonchev–Trinajstić information content (AvgIpc) is 3.35. The van der Waals surface area contributed by atoms with Gasteiger partial charge < -0.3 is 64.2 Å². The van der Waals surface area contributed by atoms with Gasteiger partial charge in [-0.1, -0.05) is 159 Å². The van der Waals surface area contributed by atoms with Gasteiger partial charge in [-0.25, -0.2) is 0 Å². The lowest BCUT2D eigenvalue weighted by molar-refractivity contribution is -0.332. The molecule has 2 heterocycles. The van der Waals surface area contributed by atoms with E-state index >= 15 is 0 Å². The normalized spacial score (nSPS) is 26.0. The van der Waals surface area contributed by atoms with Crippen molar-refractivity contribution in [3.8, 4) is 0 Å². The lowest BCUT2D eigenvalue weighted by atomic mass is 9.98. The smallest absolute Gasteiger partial charge is 0.306 e. The van der Waals surface area contributed by atoms with Crippen molar-refractivity contribution in [2.45, 2.75) is 261 Å². The van der Waals surface area contributed by atoms with Crippen LogP contribution in [0.2, 0.25) is 0 Å². The predicted octanol–water partition coefficient (Wildman–Crippen LogP) is 8.74. The summed E-state index contributed by atoms with van der Waals surface area (Å²) >= 11 is 0. The van der Waals surface area contributed by atoms with E-state index in [0.717, 1.165) is 64.2 Å². The van der Waals surface area contributed by atoms with Crippen molar-refractivity contribution in [3.05, 3.63) is 48.6 Å². The van der Waals surface area contributed by atoms with E-state index < -0.39 is 80.7 Å². The van der Waals surface area contributed by atoms with Gasteiger partial charge in [-0.2, -0.15) is 0 Å². The molecule has 2 saturated heterocycles. The van der Waals surface area contributed by atoms with Gasteiger partial charge in [0, 0.05) is 13.0 Å². The van der Waals surface area contributed by atoms with Crippen LogP contribution in [0.25, 0.3) is 0 Å². The molecule has 0 bridgehead atoms. The minimum absolute atomic E-state index is 0.0536. The van der Waals surface area contributed by atoms with Crippen molar-refractivity contribution in [3.63, 3.8) is 0 Å². The van der Waals surface area contributed by atoms with Crippen molar-refractivity contribution in [2.24, 2.45) is 0 Å². The molecule has 402 valence electrons. The molecule has 2 rings (SSSR count). The van der Waals surface area contributed by atoms with Crippen LogP contribution in [0.1, 0.15) is 194 Å². The SMILES string of the molecule is CCCCC/C=C\C/C=C\CCCCCCCCCCOCC(COC1OC(COC2OC(CO)C(O)C(O)C2O)C(O)C(O)C1O)OC(=O)CCCCCCCCC/C=C\C/C=C\CCCCC. The second kappa shape index (κ2) is 42.5. The van der Waals surface area contributed by atoms with Crippen LogP contribution >= 0.6 is 0 Å². The van der Waals surface area contributed by atoms with E-state index in [1.54, 1.807) is 0 Å². The highest BCUT2D eigenvalue weighted by Crippen LogP contribution is 2.26. The molecule has 0 radical (unpaired) electrons. The summed E-state index contributed by atoms with van der Waals surface area (Å²) in [5.41, 5.74) is 0. The van der Waals surface area contributed by atoms with Crippen LogP contribution in [0, 0.1) is 0 Å². The summed E-state index contributed by atoms with van der Waals surface area (Å²) in [6, 6.07) is 0. The quantitative estimate of drug-likeness (QED) is 0.0173. The number of hydrogen-bond donors (Lipinski definition) is 7. The van der Waals surface area contributed by atoms with Crippen LogP contribution in [0.15, 0.2) is 48.6 Å². The van der Waals surface area contributed by atoms with Crippen LogP contribution in [0.4, 0.5) is 0 Å². The molecule has 2 fully saturated rings. The number of rotatable bonds is 43. The first-order chi connectivity index (χ1) is 33.6. The van der Waals surface area contributed by atoms with Crippen molar-refractivity contribution >= 4 is 5.97 Å². The Bertz CT molecular complexity index is 1320. The lowest BCUT2D eigenvalue weighted by Crippen LogP contribution is -2.61. The number of ether oxygens (including phenoxy) is 6. The van der Waals surface area contributed by atoms with Crippen molar-refractivity contribution in [1.82, 2.24) is 0 Å². The van der Waals surface area contributed by atoms with Crippen LogP contribution in [-0.2, 0) is 33.2 Å². The summed E-state index contributed by atoms with van der Waals surface area (Å²) in [5.74, 6) is -0.387. The number of hydrogen-bond acceptors (Lipinski definition) is 14. The summed E-state index contributed by atoms with van der Waals surface area (Å²) in [6.07, 6.45) is 33.0. The van der Waals surface area contributed by atoms with E-state index in [9.17, 15) is 40.5 Å². The third kappa shape index (κ3) is 29.9. The summed E-state index contributed by atoms with van der Waals surface area (Å²) < 4.78 is 34.3. The van der Waals surface area contributed by atoms with Gasteiger partial charge in [0.25, 0.3) is 0 Å². The lowest BCUT2D eigenvalue weighted by Gasteiger charge is -2.42. The zero-order valence-corrected chi connectivity index (χ0v) is 42.8. The number of aliphatic hydroxyl groups excluding tert-OH is 7. The summed E-state index contributed by atoms with van der Waals surface area (Å²) in [5, 5.41) is 72.2. The molecule has 2 aliphatic heterocycles. The molecule has 0 amide bonds. The van der Waals surface area contributed by atoms with Gasteiger partial charge in [0.05, 0.1) is 26.4 Å². The molecule has 0 aromatic rings. The molecule has 7 N–H and O–H groups in total. The van der Waals surface area contributed by atoms with Crippen LogP contribution in [-0.4, -0.2) is 142 Å². The Balaban J connectivity index is 1.75. The highest BCUT2D eigenvalue weighted by atomic mass is 16.7. The Morgan fingerprint density at radius 3 is 1.39 bits per heavy atom. The number of aliphatic hydroxyl groups is 7. The third-order valence-electron chi connectivity index (χ3n) is 12.8. The van der Waals surface area contributed by atoms with E-state index in [4.69, 9.17) is 28.4 Å². The molecular formula is C55H98O14. The molecule has 0 aliphatic carbocycles. The Labute approximate surface area is 416 Å². The number of allylic oxidation sites excluding steroid dienone is 8. The second-order valence-electron chi connectivity index (χ2n) is 19.0. The fourth-order valence-corrected chi connectivity index (χ4v) is 8.34. The maximum absolute atomic E-state index is 13.0. The predicted molar refractivity (Wildman–Crippen MR) is 270 cm³/mol. The average molecular weight is 983 g/mol. The van der Waals surface area contributed by atoms with E-state index in [-0.39, 0.29) is 25.6 Å². The van der Waals surface area contributed by atoms with Gasteiger partial charge in [-0.15, -0.1) is 0 Å². The summed E-state index contributed by atoms with van der Waals surface area (Å²) in [4.78, 5) is 13.0. The van der Waals surface area contributed by atoms with E-state index in [1.165, 1.54) is 103 Å². The van der Waals surface area contributed by atoms with Gasteiger partial charge in [-0.3, -0.25) is 4.79 Å². The number of esters is 1. The highest BCUT2D eigenvalue weighted by Gasteiger charge is 2.47. The maximum atomic E-state index is 13.0. The second-order valence-corrected chi connectivity index (χ2v) is 19.0. The largest absolute Gasteiger partial charge is 0.457 e. The van der Waals surface area contributed by atoms with Gasteiger partial charge in [0.1, 0.15) is 54.9 Å². The fourth-order valence-electron chi connectivity index (χ4n) is 8.34. The molecule has 0 spiro atoms. The molecule has 0 aromatic heterocycles. The molecule has 69 heavy (non-hydrogen) atoms. The standard InChI is InChI=1S/C55H98O14/c1-3-5-7-9-11-13-15-17-19-21-23-25-27-29-31-33-35-37-39-64-41-44(67-47(57)38-36-34-32-30-28-26-24-22-20-18-16-14-12-10-8-6-4-2)42-65-54-53(63)51(61)49(59)46(69-54)43-66-55-52(62)50(60)48(58)45(40-56)68-55/h11-14,17-20,44-46,48-56,58-63H,3-10,15-16,21-43H2,1-2H3/b13-11-,14-12-,19-17-,20-18-. The number of carbonyl (C=O) groups excluding carboxylic acids is 1. The van der Waals surface area contributed by atoms with Crippen molar-refractivity contribution in [2.75, 3.05) is 33.0 Å². The molecule has 0 aromatic carbocycles. The van der Waals surface area contributed by atoms with Crippen molar-refractivity contribution in [1.29, 1.82) is 0 Å². The van der Waals surface area contributed by atoms with Crippen LogP contribution in [0.3, 0.4) is 0 Å². The molecule has 2 aliphatic rings. The first-order valence-corrected chi connectivity index (χ1v) is 27.2. The van der Waals surface area contributed by atoms with Crippen LogP contribution < -0.4 is 0 Å². The molecule has 14 heteroatoms. The Hall–Kier alpha value is -2.05. The van der Waals surface area contributed by atoms with Gasteiger partial charge in [0.15, 0.2) is 12.6 Å². The van der Waals surface area contributed by atoms with Crippen molar-refractivity contribution < 1.29 is 69.0 Å². The molecule has 11 unspecified atom stereocenters. The number of unbranched alkanes of at least 4 members (excludes halogenated alkanes) is 21. The van der Waals surface area contributed by atoms with E-state index in [1.807, 2.05) is 0 Å². The Morgan fingerprint density at radius 1 is 0.478 bits per heavy atom. The minimum Gasteiger partial charge on any atom is -0.457 e. The molecule has 0 saturated carbocycles. The zero-order valence-electron chi connectivity index (χ0n) is 42.8. The summed E-state index contributed by atoms with van der Waals surface area (Å²) in [7, 11) is 0. The summed E-state index contributed by atoms with van der Waals surface area (Å²) in [6.45, 7) is 3.62. The molecular weight excluding hydrogens is 885 g/mol. The first-order valence-electron chi connectivity index (χ1n) is 27.2. The van der Waals surface area contributed by atoms with E-state index in [2.05, 4.69) is 62.5 Å². The zero-order chi connectivity index (χ0) is 50.2. The monoisotopic (exact) mass is 983 g/mol. The van der Waals surface area contributed by atoms with E-state index in [0.29, 0.717) is 13.0 Å². The Morgan fingerprint density at radius 2 is 0.899 bits per heavy atom. The fraction of sp³-hybridized carbons (Fsp3) is 0.836. The highest BCUT2D eigenvalue weighted by molar-refractivity contribution is 5.69. The topological polar surface area (TPSA) is 214 Å². The van der Waals surface area contributed by atoms with Crippen LogP contribution in [0.5, 0.6) is 0 Å². The first kappa shape index (κ1) is 63.1. The number of carbonyl (C=O) groups is 1.